The molecular weight excluding hydrogens is 406 g/mol. The number of benzene rings is 1. The molecule has 0 spiro atoms. The molecule has 1 aliphatic rings. The monoisotopic (exact) mass is 435 g/mol. The Hall–Kier alpha value is -1.74. The fourth-order valence-electron chi connectivity index (χ4n) is 3.50. The molecule has 0 atom stereocenters. The Bertz CT molecular complexity index is 904. The van der Waals surface area contributed by atoms with Gasteiger partial charge in [-0.15, -0.1) is 11.3 Å². The van der Waals surface area contributed by atoms with E-state index in [1.165, 1.54) is 25.9 Å². The first kappa shape index (κ1) is 22.0. The van der Waals surface area contributed by atoms with Gasteiger partial charge in [-0.2, -0.15) is 4.31 Å². The lowest BCUT2D eigenvalue weighted by atomic mass is 10.1. The average molecular weight is 436 g/mol. The molecule has 1 amide bonds. The number of amides is 1. The van der Waals surface area contributed by atoms with Crippen LogP contribution in [-0.2, 0) is 27.8 Å². The van der Waals surface area contributed by atoms with Crippen LogP contribution in [0.3, 0.4) is 0 Å². The van der Waals surface area contributed by atoms with Crippen molar-refractivity contribution in [1.29, 1.82) is 0 Å². The Labute approximate surface area is 177 Å². The summed E-state index contributed by atoms with van der Waals surface area (Å²) in [6, 6.07) is 14.5. The van der Waals surface area contributed by atoms with Gasteiger partial charge in [-0.3, -0.25) is 9.69 Å². The van der Waals surface area contributed by atoms with E-state index in [-0.39, 0.29) is 5.91 Å². The molecule has 1 saturated heterocycles. The molecule has 0 radical (unpaired) electrons. The van der Waals surface area contributed by atoms with E-state index in [0.717, 1.165) is 19.5 Å². The number of thiophene rings is 1. The summed E-state index contributed by atoms with van der Waals surface area (Å²) < 4.78 is 24.8. The van der Waals surface area contributed by atoms with E-state index in [0.29, 0.717) is 32.7 Å². The summed E-state index contributed by atoms with van der Waals surface area (Å²) in [6.07, 6.45) is 2.11. The number of nitrogens with zero attached hydrogens (tertiary/aromatic N) is 3. The van der Waals surface area contributed by atoms with Crippen molar-refractivity contribution in [1.82, 2.24) is 14.1 Å². The van der Waals surface area contributed by atoms with E-state index in [2.05, 4.69) is 36.1 Å². The second-order valence-corrected chi connectivity index (χ2v) is 10.9. The summed E-state index contributed by atoms with van der Waals surface area (Å²) in [4.78, 5) is 19.4. The van der Waals surface area contributed by atoms with Gasteiger partial charge in [0.15, 0.2) is 0 Å². The van der Waals surface area contributed by atoms with E-state index in [1.54, 1.807) is 16.2 Å². The smallest absolute Gasteiger partial charge is 0.236 e. The maximum absolute atomic E-state index is 12.9. The zero-order valence-electron chi connectivity index (χ0n) is 17.1. The van der Waals surface area contributed by atoms with Crippen molar-refractivity contribution in [2.75, 3.05) is 45.5 Å². The molecule has 0 saturated carbocycles. The van der Waals surface area contributed by atoms with Crippen LogP contribution < -0.4 is 0 Å². The highest BCUT2D eigenvalue weighted by molar-refractivity contribution is 7.88. The lowest BCUT2D eigenvalue weighted by Gasteiger charge is -2.34. The lowest BCUT2D eigenvalue weighted by molar-refractivity contribution is -0.133. The van der Waals surface area contributed by atoms with Crippen LogP contribution in [0.2, 0.25) is 0 Å². The molecular formula is C21H29N3O3S2. The molecule has 1 aromatic carbocycles. The zero-order valence-corrected chi connectivity index (χ0v) is 18.7. The van der Waals surface area contributed by atoms with Gasteiger partial charge >= 0.3 is 0 Å². The second-order valence-electron chi connectivity index (χ2n) is 7.50. The molecule has 2 aromatic rings. The van der Waals surface area contributed by atoms with Gasteiger partial charge in [0.1, 0.15) is 0 Å². The van der Waals surface area contributed by atoms with Crippen LogP contribution in [0.1, 0.15) is 15.3 Å². The molecule has 3 rings (SSSR count). The number of hydrogen-bond donors (Lipinski definition) is 0. The molecule has 2 heterocycles. The fourth-order valence-corrected chi connectivity index (χ4v) is 5.26. The molecule has 0 aliphatic carbocycles. The summed E-state index contributed by atoms with van der Waals surface area (Å²) >= 11 is 1.76. The first-order valence-electron chi connectivity index (χ1n) is 9.86. The van der Waals surface area contributed by atoms with Crippen molar-refractivity contribution in [2.45, 2.75) is 19.9 Å². The van der Waals surface area contributed by atoms with Gasteiger partial charge in [-0.05, 0) is 31.0 Å². The standard InChI is InChI=1S/C21H29N3O3S2/c1-18-8-9-20(28-18)16-22(11-10-19-6-4-3-5-7-19)17-21(25)23-12-14-24(15-13-23)29(2,26)27/h3-9H,10-17H2,1-2H3. The third-order valence-corrected chi connectivity index (χ3v) is 7.44. The molecule has 29 heavy (non-hydrogen) atoms. The predicted molar refractivity (Wildman–Crippen MR) is 117 cm³/mol. The van der Waals surface area contributed by atoms with Crippen molar-refractivity contribution in [2.24, 2.45) is 0 Å². The first-order valence-corrected chi connectivity index (χ1v) is 12.5. The molecule has 8 heteroatoms. The molecule has 6 nitrogen and oxygen atoms in total. The van der Waals surface area contributed by atoms with Crippen molar-refractivity contribution in [3.8, 4) is 0 Å². The minimum atomic E-state index is -3.19. The predicted octanol–water partition coefficient (Wildman–Crippen LogP) is 2.21. The summed E-state index contributed by atoms with van der Waals surface area (Å²) in [5.74, 6) is 0.0690. The number of hydrogen-bond acceptors (Lipinski definition) is 5. The van der Waals surface area contributed by atoms with Gasteiger partial charge in [0.05, 0.1) is 12.8 Å². The Kier molecular flexibility index (Phi) is 7.45. The first-order chi connectivity index (χ1) is 13.8. The largest absolute Gasteiger partial charge is 0.339 e. The maximum atomic E-state index is 12.9. The highest BCUT2D eigenvalue weighted by Gasteiger charge is 2.26. The molecule has 0 N–H and O–H groups in total. The molecule has 0 unspecified atom stereocenters. The van der Waals surface area contributed by atoms with Crippen LogP contribution in [0.5, 0.6) is 0 Å². The minimum Gasteiger partial charge on any atom is -0.339 e. The van der Waals surface area contributed by atoms with Gasteiger partial charge in [-0.1, -0.05) is 30.3 Å². The Balaban J connectivity index is 1.60. The van der Waals surface area contributed by atoms with Crippen molar-refractivity contribution >= 4 is 27.3 Å². The van der Waals surface area contributed by atoms with E-state index in [9.17, 15) is 13.2 Å². The molecule has 1 fully saturated rings. The topological polar surface area (TPSA) is 60.9 Å². The van der Waals surface area contributed by atoms with Crippen LogP contribution in [0.25, 0.3) is 0 Å². The number of piperazine rings is 1. The van der Waals surface area contributed by atoms with Crippen LogP contribution in [0.15, 0.2) is 42.5 Å². The second kappa shape index (κ2) is 9.84. The number of aryl methyl sites for hydroxylation is 1. The van der Waals surface area contributed by atoms with Gasteiger partial charge in [0.25, 0.3) is 0 Å². The highest BCUT2D eigenvalue weighted by Crippen LogP contribution is 2.18. The van der Waals surface area contributed by atoms with Crippen LogP contribution in [0, 0.1) is 6.92 Å². The van der Waals surface area contributed by atoms with Crippen LogP contribution in [-0.4, -0.2) is 74.0 Å². The van der Waals surface area contributed by atoms with E-state index in [4.69, 9.17) is 0 Å². The minimum absolute atomic E-state index is 0.0690. The SMILES string of the molecule is Cc1ccc(CN(CCc2ccccc2)CC(=O)N2CCN(S(C)(=O)=O)CC2)s1. The van der Waals surface area contributed by atoms with Crippen molar-refractivity contribution in [3.05, 3.63) is 57.8 Å². The van der Waals surface area contributed by atoms with E-state index >= 15 is 0 Å². The molecule has 158 valence electrons. The average Bonchev–Trinajstić information content (AvgIpc) is 3.11. The third-order valence-electron chi connectivity index (χ3n) is 5.15. The van der Waals surface area contributed by atoms with Crippen molar-refractivity contribution < 1.29 is 13.2 Å². The van der Waals surface area contributed by atoms with E-state index in [1.807, 2.05) is 18.2 Å². The number of sulfonamides is 1. The van der Waals surface area contributed by atoms with Gasteiger partial charge in [-0.25, -0.2) is 8.42 Å². The van der Waals surface area contributed by atoms with E-state index < -0.39 is 10.0 Å². The number of carbonyl (C=O) groups excluding carboxylic acids is 1. The quantitative estimate of drug-likeness (QED) is 0.638. The molecule has 0 bridgehead atoms. The van der Waals surface area contributed by atoms with Gasteiger partial charge in [0, 0.05) is 49.0 Å². The number of rotatable bonds is 8. The summed E-state index contributed by atoms with van der Waals surface area (Å²) in [5, 5.41) is 0. The Morgan fingerprint density at radius 2 is 1.76 bits per heavy atom. The fraction of sp³-hybridized carbons (Fsp3) is 0.476. The Morgan fingerprint density at radius 1 is 1.07 bits per heavy atom. The normalized spacial score (nSPS) is 15.8. The Morgan fingerprint density at radius 3 is 2.34 bits per heavy atom. The molecule has 1 aromatic heterocycles. The van der Waals surface area contributed by atoms with Crippen molar-refractivity contribution in [3.63, 3.8) is 0 Å². The van der Waals surface area contributed by atoms with Gasteiger partial charge in [0.2, 0.25) is 15.9 Å². The third kappa shape index (κ3) is 6.64. The molecule has 1 aliphatic heterocycles. The summed E-state index contributed by atoms with van der Waals surface area (Å²) in [5.41, 5.74) is 1.26. The maximum Gasteiger partial charge on any atom is 0.236 e. The highest BCUT2D eigenvalue weighted by atomic mass is 32.2. The lowest BCUT2D eigenvalue weighted by Crippen LogP contribution is -2.52. The van der Waals surface area contributed by atoms with Crippen LogP contribution >= 0.6 is 11.3 Å². The summed E-state index contributed by atoms with van der Waals surface area (Å²) in [7, 11) is -3.19. The number of carbonyl (C=O) groups is 1. The summed E-state index contributed by atoms with van der Waals surface area (Å²) in [6.45, 7) is 5.65. The zero-order chi connectivity index (χ0) is 20.9. The van der Waals surface area contributed by atoms with Gasteiger partial charge < -0.3 is 4.90 Å². The van der Waals surface area contributed by atoms with Crippen LogP contribution in [0.4, 0.5) is 0 Å².